The summed E-state index contributed by atoms with van der Waals surface area (Å²) in [6, 6.07) is 26.4. The molecule has 2 heterocycles. The van der Waals surface area contributed by atoms with Crippen molar-refractivity contribution in [2.24, 2.45) is 0 Å². The maximum atomic E-state index is 9.37. The van der Waals surface area contributed by atoms with E-state index in [-0.39, 0.29) is 6.61 Å². The van der Waals surface area contributed by atoms with Crippen molar-refractivity contribution >= 4 is 0 Å². The fourth-order valence-corrected chi connectivity index (χ4v) is 3.55. The fraction of sp³-hybridized carbons (Fsp3) is 0.200. The molecule has 0 saturated carbocycles. The molecule has 0 atom stereocenters. The van der Waals surface area contributed by atoms with Crippen molar-refractivity contribution in [2.75, 3.05) is 13.2 Å². The standard InChI is InChI=1S/C25H26N4O/c30-17-9-16-28(20-23-12-7-8-15-26-23)18-22-19-29(24-13-5-2-6-14-24)27-25(22)21-10-3-1-4-11-21/h1-8,10-15,19,30H,9,16-18,20H2. The molecule has 152 valence electrons. The van der Waals surface area contributed by atoms with Crippen LogP contribution in [0.5, 0.6) is 0 Å². The summed E-state index contributed by atoms with van der Waals surface area (Å²) in [6.07, 6.45) is 4.66. The number of pyridine rings is 1. The van der Waals surface area contributed by atoms with Gasteiger partial charge in [0.15, 0.2) is 0 Å². The smallest absolute Gasteiger partial charge is 0.0972 e. The van der Waals surface area contributed by atoms with Crippen LogP contribution in [0.4, 0.5) is 0 Å². The zero-order chi connectivity index (χ0) is 20.6. The minimum atomic E-state index is 0.174. The van der Waals surface area contributed by atoms with Gasteiger partial charge in [0, 0.05) is 49.8 Å². The number of nitrogens with zero attached hydrogens (tertiary/aromatic N) is 4. The maximum Gasteiger partial charge on any atom is 0.0972 e. The Kier molecular flexibility index (Phi) is 6.65. The highest BCUT2D eigenvalue weighted by Gasteiger charge is 2.16. The van der Waals surface area contributed by atoms with Crippen molar-refractivity contribution in [3.8, 4) is 16.9 Å². The van der Waals surface area contributed by atoms with Crippen LogP contribution in [0.25, 0.3) is 16.9 Å². The molecule has 0 fully saturated rings. The van der Waals surface area contributed by atoms with Crippen LogP contribution < -0.4 is 0 Å². The average Bonchev–Trinajstić information content (AvgIpc) is 3.23. The number of hydrogen-bond donors (Lipinski definition) is 1. The Morgan fingerprint density at radius 2 is 1.57 bits per heavy atom. The molecule has 4 rings (SSSR count). The van der Waals surface area contributed by atoms with Gasteiger partial charge >= 0.3 is 0 Å². The first-order chi connectivity index (χ1) is 14.8. The number of aliphatic hydroxyl groups is 1. The SMILES string of the molecule is OCCCN(Cc1ccccn1)Cc1cn(-c2ccccc2)nc1-c1ccccc1. The molecule has 1 N–H and O–H groups in total. The summed E-state index contributed by atoms with van der Waals surface area (Å²) in [5.41, 5.74) is 5.29. The molecule has 5 nitrogen and oxygen atoms in total. The topological polar surface area (TPSA) is 54.2 Å². The van der Waals surface area contributed by atoms with Gasteiger partial charge in [0.05, 0.1) is 17.1 Å². The first-order valence-corrected chi connectivity index (χ1v) is 10.3. The molecule has 0 spiro atoms. The van der Waals surface area contributed by atoms with Gasteiger partial charge in [-0.15, -0.1) is 0 Å². The van der Waals surface area contributed by atoms with Gasteiger partial charge < -0.3 is 5.11 Å². The fourth-order valence-electron chi connectivity index (χ4n) is 3.55. The van der Waals surface area contributed by atoms with E-state index in [4.69, 9.17) is 5.10 Å². The number of rotatable bonds is 9. The maximum absolute atomic E-state index is 9.37. The van der Waals surface area contributed by atoms with Gasteiger partial charge in [0.1, 0.15) is 0 Å². The second kappa shape index (κ2) is 9.96. The van der Waals surface area contributed by atoms with Crippen LogP contribution in [0.1, 0.15) is 17.7 Å². The monoisotopic (exact) mass is 398 g/mol. The Bertz CT molecular complexity index is 1030. The molecule has 0 saturated heterocycles. The molecule has 2 aromatic heterocycles. The van der Waals surface area contributed by atoms with Crippen molar-refractivity contribution in [3.63, 3.8) is 0 Å². The van der Waals surface area contributed by atoms with E-state index in [0.717, 1.165) is 54.3 Å². The van der Waals surface area contributed by atoms with Gasteiger partial charge in [-0.25, -0.2) is 4.68 Å². The second-order valence-electron chi connectivity index (χ2n) is 7.26. The summed E-state index contributed by atoms with van der Waals surface area (Å²) in [5, 5.41) is 14.3. The lowest BCUT2D eigenvalue weighted by atomic mass is 10.1. The summed E-state index contributed by atoms with van der Waals surface area (Å²) < 4.78 is 1.95. The van der Waals surface area contributed by atoms with Crippen LogP contribution in [0.3, 0.4) is 0 Å². The van der Waals surface area contributed by atoms with Crippen molar-refractivity contribution in [3.05, 3.63) is 103 Å². The zero-order valence-electron chi connectivity index (χ0n) is 16.9. The van der Waals surface area contributed by atoms with E-state index in [2.05, 4.69) is 40.3 Å². The highest BCUT2D eigenvalue weighted by molar-refractivity contribution is 5.63. The van der Waals surface area contributed by atoms with E-state index < -0.39 is 0 Å². The largest absolute Gasteiger partial charge is 0.396 e. The minimum Gasteiger partial charge on any atom is -0.396 e. The molecule has 0 unspecified atom stereocenters. The summed E-state index contributed by atoms with van der Waals surface area (Å²) in [4.78, 5) is 6.79. The highest BCUT2D eigenvalue weighted by atomic mass is 16.3. The minimum absolute atomic E-state index is 0.174. The highest BCUT2D eigenvalue weighted by Crippen LogP contribution is 2.25. The molecule has 0 amide bonds. The van der Waals surface area contributed by atoms with Crippen molar-refractivity contribution in [2.45, 2.75) is 19.5 Å². The van der Waals surface area contributed by atoms with E-state index in [9.17, 15) is 5.11 Å². The first-order valence-electron chi connectivity index (χ1n) is 10.3. The van der Waals surface area contributed by atoms with Crippen LogP contribution in [0.2, 0.25) is 0 Å². The molecule has 2 aromatic carbocycles. The molecular formula is C25H26N4O. The number of aliphatic hydroxyl groups excluding tert-OH is 1. The summed E-state index contributed by atoms with van der Waals surface area (Å²) >= 11 is 0. The van der Waals surface area contributed by atoms with Crippen LogP contribution in [-0.4, -0.2) is 37.9 Å². The first kappa shape index (κ1) is 20.0. The van der Waals surface area contributed by atoms with Crippen LogP contribution in [-0.2, 0) is 13.1 Å². The van der Waals surface area contributed by atoms with Crippen molar-refractivity contribution < 1.29 is 5.11 Å². The molecule has 30 heavy (non-hydrogen) atoms. The van der Waals surface area contributed by atoms with Crippen LogP contribution in [0, 0.1) is 0 Å². The molecule has 5 heteroatoms. The third kappa shape index (κ3) is 5.00. The lowest BCUT2D eigenvalue weighted by Crippen LogP contribution is -2.25. The Hall–Kier alpha value is -3.28. The third-order valence-electron chi connectivity index (χ3n) is 5.00. The molecule has 0 bridgehead atoms. The molecule has 0 aliphatic rings. The Morgan fingerprint density at radius 3 is 2.27 bits per heavy atom. The zero-order valence-corrected chi connectivity index (χ0v) is 16.9. The quantitative estimate of drug-likeness (QED) is 0.456. The Morgan fingerprint density at radius 1 is 0.833 bits per heavy atom. The third-order valence-corrected chi connectivity index (χ3v) is 5.00. The number of aromatic nitrogens is 3. The van der Waals surface area contributed by atoms with Gasteiger partial charge in [-0.05, 0) is 30.7 Å². The lowest BCUT2D eigenvalue weighted by molar-refractivity contribution is 0.211. The van der Waals surface area contributed by atoms with E-state index >= 15 is 0 Å². The number of benzene rings is 2. The number of para-hydroxylation sites is 1. The van der Waals surface area contributed by atoms with Gasteiger partial charge in [-0.2, -0.15) is 5.10 Å². The lowest BCUT2D eigenvalue weighted by Gasteiger charge is -2.21. The van der Waals surface area contributed by atoms with E-state index in [1.54, 1.807) is 0 Å². The van der Waals surface area contributed by atoms with Gasteiger partial charge in [-0.1, -0.05) is 54.6 Å². The van der Waals surface area contributed by atoms with E-state index in [1.165, 1.54) is 0 Å². The van der Waals surface area contributed by atoms with Crippen molar-refractivity contribution in [1.82, 2.24) is 19.7 Å². The molecule has 0 aliphatic carbocycles. The van der Waals surface area contributed by atoms with E-state index in [0.29, 0.717) is 0 Å². The summed E-state index contributed by atoms with van der Waals surface area (Å²) in [6.45, 7) is 2.42. The Balaban J connectivity index is 1.67. The van der Waals surface area contributed by atoms with Gasteiger partial charge in [0.25, 0.3) is 0 Å². The van der Waals surface area contributed by atoms with Crippen molar-refractivity contribution in [1.29, 1.82) is 0 Å². The second-order valence-corrected chi connectivity index (χ2v) is 7.26. The normalized spacial score (nSPS) is 11.1. The van der Waals surface area contributed by atoms with Crippen LogP contribution in [0.15, 0.2) is 91.3 Å². The predicted molar refractivity (Wildman–Crippen MR) is 119 cm³/mol. The van der Waals surface area contributed by atoms with Gasteiger partial charge in [0.2, 0.25) is 0 Å². The molecule has 0 aliphatic heterocycles. The number of hydrogen-bond acceptors (Lipinski definition) is 4. The predicted octanol–water partition coefficient (Wildman–Crippen LogP) is 4.32. The molecular weight excluding hydrogens is 372 g/mol. The summed E-state index contributed by atoms with van der Waals surface area (Å²) in [7, 11) is 0. The van der Waals surface area contributed by atoms with E-state index in [1.807, 2.05) is 65.5 Å². The molecule has 4 aromatic rings. The summed E-state index contributed by atoms with van der Waals surface area (Å²) in [5.74, 6) is 0. The van der Waals surface area contributed by atoms with Gasteiger partial charge in [-0.3, -0.25) is 9.88 Å². The average molecular weight is 399 g/mol. The molecule has 0 radical (unpaired) electrons. The Labute approximate surface area is 177 Å². The van der Waals surface area contributed by atoms with Crippen LogP contribution >= 0.6 is 0 Å².